The first-order chi connectivity index (χ1) is 7.31. The quantitative estimate of drug-likeness (QED) is 0.939. The molecule has 2 heterocycles. The minimum atomic E-state index is 0.574. The number of thiophene rings is 1. The average Bonchev–Trinajstić information content (AvgIpc) is 2.83. The zero-order chi connectivity index (χ0) is 10.7. The highest BCUT2D eigenvalue weighted by Gasteiger charge is 2.12. The Kier molecular flexibility index (Phi) is 3.50. The van der Waals surface area contributed by atoms with E-state index in [1.165, 1.54) is 0 Å². The van der Waals surface area contributed by atoms with Gasteiger partial charge in [-0.1, -0.05) is 6.92 Å². The Morgan fingerprint density at radius 3 is 3.07 bits per heavy atom. The average molecular weight is 288 g/mol. The van der Waals surface area contributed by atoms with Crippen molar-refractivity contribution in [2.75, 3.05) is 6.54 Å². The molecular weight excluding hydrogens is 278 g/mol. The van der Waals surface area contributed by atoms with E-state index in [9.17, 15) is 0 Å². The zero-order valence-electron chi connectivity index (χ0n) is 8.16. The third-order valence-electron chi connectivity index (χ3n) is 1.80. The maximum Gasteiger partial charge on any atom is 0.258 e. The maximum atomic E-state index is 5.51. The van der Waals surface area contributed by atoms with Crippen LogP contribution in [0.15, 0.2) is 20.3 Å². The smallest absolute Gasteiger partial charge is 0.258 e. The third-order valence-corrected chi connectivity index (χ3v) is 3.63. The lowest BCUT2D eigenvalue weighted by Gasteiger charge is -1.93. The Bertz CT molecular complexity index is 440. The minimum Gasteiger partial charge on any atom is -0.418 e. The summed E-state index contributed by atoms with van der Waals surface area (Å²) in [5, 5.41) is 13.1. The number of hydrogen-bond donors (Lipinski definition) is 1. The maximum absolute atomic E-state index is 5.51. The summed E-state index contributed by atoms with van der Waals surface area (Å²) >= 11 is 5.01. The number of nitrogens with zero attached hydrogens (tertiary/aromatic N) is 2. The fraction of sp³-hybridized carbons (Fsp3) is 0.333. The van der Waals surface area contributed by atoms with Crippen molar-refractivity contribution in [1.29, 1.82) is 0 Å². The summed E-state index contributed by atoms with van der Waals surface area (Å²) in [4.78, 5) is 0.977. The standard InChI is InChI=1S/C9H10BrN3OS/c1-2-11-5-7-12-13-9(14-7)8-6(10)3-4-15-8/h3-4,11H,2,5H2,1H3. The van der Waals surface area contributed by atoms with Gasteiger partial charge in [-0.2, -0.15) is 0 Å². The molecule has 0 radical (unpaired) electrons. The van der Waals surface area contributed by atoms with Gasteiger partial charge in [0.15, 0.2) is 0 Å². The van der Waals surface area contributed by atoms with Crippen LogP contribution in [-0.2, 0) is 6.54 Å². The largest absolute Gasteiger partial charge is 0.418 e. The lowest BCUT2D eigenvalue weighted by molar-refractivity contribution is 0.482. The summed E-state index contributed by atoms with van der Waals surface area (Å²) in [6, 6.07) is 1.97. The van der Waals surface area contributed by atoms with Crippen molar-refractivity contribution in [3.63, 3.8) is 0 Å². The fourth-order valence-corrected chi connectivity index (χ4v) is 2.56. The summed E-state index contributed by atoms with van der Waals surface area (Å²) < 4.78 is 6.50. The highest BCUT2D eigenvalue weighted by Crippen LogP contribution is 2.32. The molecule has 1 N–H and O–H groups in total. The topological polar surface area (TPSA) is 51.0 Å². The second kappa shape index (κ2) is 4.87. The zero-order valence-corrected chi connectivity index (χ0v) is 10.6. The minimum absolute atomic E-state index is 0.574. The first kappa shape index (κ1) is 10.8. The Hall–Kier alpha value is -0.720. The summed E-state index contributed by atoms with van der Waals surface area (Å²) in [6.45, 7) is 3.54. The third kappa shape index (κ3) is 2.45. The SMILES string of the molecule is CCNCc1nnc(-c2sccc2Br)o1. The molecule has 4 nitrogen and oxygen atoms in total. The Labute approximate surface area is 99.8 Å². The van der Waals surface area contributed by atoms with E-state index in [4.69, 9.17) is 4.42 Å². The van der Waals surface area contributed by atoms with Crippen LogP contribution in [0, 0.1) is 0 Å². The molecule has 0 aromatic carbocycles. The number of rotatable bonds is 4. The van der Waals surface area contributed by atoms with Gasteiger partial charge in [0.05, 0.1) is 6.54 Å². The summed E-state index contributed by atoms with van der Waals surface area (Å²) in [7, 11) is 0. The number of hydrogen-bond acceptors (Lipinski definition) is 5. The predicted octanol–water partition coefficient (Wildman–Crippen LogP) is 2.67. The van der Waals surface area contributed by atoms with Crippen LogP contribution in [0.5, 0.6) is 0 Å². The van der Waals surface area contributed by atoms with E-state index in [1.807, 2.05) is 18.4 Å². The van der Waals surface area contributed by atoms with Crippen LogP contribution in [-0.4, -0.2) is 16.7 Å². The first-order valence-electron chi connectivity index (χ1n) is 4.57. The van der Waals surface area contributed by atoms with E-state index in [2.05, 4.69) is 31.4 Å². The van der Waals surface area contributed by atoms with Gasteiger partial charge < -0.3 is 9.73 Å². The molecule has 0 saturated heterocycles. The van der Waals surface area contributed by atoms with E-state index >= 15 is 0 Å². The second-order valence-corrected chi connectivity index (χ2v) is 4.65. The Morgan fingerprint density at radius 2 is 2.40 bits per heavy atom. The van der Waals surface area contributed by atoms with Gasteiger partial charge in [-0.25, -0.2) is 0 Å². The molecule has 80 valence electrons. The second-order valence-electron chi connectivity index (χ2n) is 2.88. The number of halogens is 1. The molecule has 2 aromatic rings. The van der Waals surface area contributed by atoms with Crippen molar-refractivity contribution in [3.05, 3.63) is 21.8 Å². The molecule has 0 atom stereocenters. The van der Waals surface area contributed by atoms with Crippen LogP contribution < -0.4 is 5.32 Å². The molecule has 0 amide bonds. The van der Waals surface area contributed by atoms with Crippen molar-refractivity contribution in [2.24, 2.45) is 0 Å². The van der Waals surface area contributed by atoms with Crippen molar-refractivity contribution in [3.8, 4) is 10.8 Å². The van der Waals surface area contributed by atoms with Gasteiger partial charge in [-0.15, -0.1) is 21.5 Å². The molecule has 0 spiro atoms. The fourth-order valence-electron chi connectivity index (χ4n) is 1.10. The molecule has 0 aliphatic carbocycles. The van der Waals surface area contributed by atoms with Crippen LogP contribution in [0.1, 0.15) is 12.8 Å². The van der Waals surface area contributed by atoms with Crippen molar-refractivity contribution >= 4 is 27.3 Å². The Morgan fingerprint density at radius 1 is 1.53 bits per heavy atom. The molecule has 2 rings (SSSR count). The number of aromatic nitrogens is 2. The van der Waals surface area contributed by atoms with E-state index < -0.39 is 0 Å². The highest BCUT2D eigenvalue weighted by molar-refractivity contribution is 9.10. The monoisotopic (exact) mass is 287 g/mol. The normalized spacial score (nSPS) is 10.8. The lowest BCUT2D eigenvalue weighted by atomic mass is 10.5. The molecule has 0 aliphatic rings. The van der Waals surface area contributed by atoms with Crippen LogP contribution in [0.25, 0.3) is 10.8 Å². The molecule has 0 aliphatic heterocycles. The van der Waals surface area contributed by atoms with Gasteiger partial charge in [0.1, 0.15) is 4.88 Å². The predicted molar refractivity (Wildman–Crippen MR) is 62.7 cm³/mol. The summed E-state index contributed by atoms with van der Waals surface area (Å²) in [5.74, 6) is 1.19. The summed E-state index contributed by atoms with van der Waals surface area (Å²) in [6.07, 6.45) is 0. The van der Waals surface area contributed by atoms with Gasteiger partial charge in [0.25, 0.3) is 5.89 Å². The van der Waals surface area contributed by atoms with Crippen LogP contribution in [0.3, 0.4) is 0 Å². The molecule has 0 fully saturated rings. The van der Waals surface area contributed by atoms with Crippen LogP contribution in [0.4, 0.5) is 0 Å². The highest BCUT2D eigenvalue weighted by atomic mass is 79.9. The molecule has 0 bridgehead atoms. The van der Waals surface area contributed by atoms with E-state index in [0.717, 1.165) is 15.9 Å². The molecule has 6 heteroatoms. The summed E-state index contributed by atoms with van der Waals surface area (Å²) in [5.41, 5.74) is 0. The number of nitrogens with one attached hydrogen (secondary N) is 1. The van der Waals surface area contributed by atoms with Crippen molar-refractivity contribution in [1.82, 2.24) is 15.5 Å². The molecule has 15 heavy (non-hydrogen) atoms. The van der Waals surface area contributed by atoms with Crippen molar-refractivity contribution < 1.29 is 4.42 Å². The van der Waals surface area contributed by atoms with Gasteiger partial charge in [-0.3, -0.25) is 0 Å². The van der Waals surface area contributed by atoms with Crippen LogP contribution in [0.2, 0.25) is 0 Å². The molecular formula is C9H10BrN3OS. The Balaban J connectivity index is 2.17. The molecule has 2 aromatic heterocycles. The van der Waals surface area contributed by atoms with E-state index in [-0.39, 0.29) is 0 Å². The molecule has 0 saturated carbocycles. The van der Waals surface area contributed by atoms with Gasteiger partial charge >= 0.3 is 0 Å². The van der Waals surface area contributed by atoms with Gasteiger partial charge in [0.2, 0.25) is 5.89 Å². The first-order valence-corrected chi connectivity index (χ1v) is 6.25. The lowest BCUT2D eigenvalue weighted by Crippen LogP contribution is -2.11. The van der Waals surface area contributed by atoms with E-state index in [0.29, 0.717) is 18.3 Å². The van der Waals surface area contributed by atoms with E-state index in [1.54, 1.807) is 11.3 Å². The van der Waals surface area contributed by atoms with Gasteiger partial charge in [-0.05, 0) is 33.9 Å². The van der Waals surface area contributed by atoms with Gasteiger partial charge in [0, 0.05) is 4.47 Å². The van der Waals surface area contributed by atoms with Crippen LogP contribution >= 0.6 is 27.3 Å². The molecule has 0 unspecified atom stereocenters. The van der Waals surface area contributed by atoms with Crippen molar-refractivity contribution in [2.45, 2.75) is 13.5 Å².